The van der Waals surface area contributed by atoms with Gasteiger partial charge in [-0.2, -0.15) is 0 Å². The summed E-state index contributed by atoms with van der Waals surface area (Å²) in [5.41, 5.74) is 0. The fourth-order valence-electron chi connectivity index (χ4n) is 2.42. The van der Waals surface area contributed by atoms with E-state index in [1.807, 2.05) is 0 Å². The Morgan fingerprint density at radius 1 is 0.842 bits per heavy atom. The van der Waals surface area contributed by atoms with E-state index in [0.29, 0.717) is 0 Å². The fourth-order valence-corrected chi connectivity index (χ4v) is 2.42. The predicted octanol–water partition coefficient (Wildman–Crippen LogP) is 1.24. The topological polar surface area (TPSA) is 8.81 Å². The lowest BCUT2D eigenvalue weighted by Gasteiger charge is -2.01. The molecule has 0 saturated heterocycles. The second-order valence-corrected chi connectivity index (χ2v) is 5.50. The average molecular weight is 287 g/mol. The van der Waals surface area contributed by atoms with Gasteiger partial charge in [-0.15, -0.1) is 0 Å². The molecule has 1 rings (SSSR count). The van der Waals surface area contributed by atoms with E-state index in [1.165, 1.54) is 70.8 Å². The van der Waals surface area contributed by atoms with Crippen molar-refractivity contribution in [2.45, 2.75) is 77.7 Å². The molecule has 0 fully saturated rings. The molecule has 0 aliphatic carbocycles. The van der Waals surface area contributed by atoms with Crippen LogP contribution in [0.2, 0.25) is 0 Å². The smallest absolute Gasteiger partial charge is 0.243 e. The van der Waals surface area contributed by atoms with Gasteiger partial charge in [-0.05, 0) is 12.8 Å². The molecule has 1 heterocycles. The molecule has 0 saturated carbocycles. The summed E-state index contributed by atoms with van der Waals surface area (Å²) in [6.07, 6.45) is 20.6. The molecule has 0 aromatic carbocycles. The first-order valence-corrected chi connectivity index (χ1v) is 7.84. The number of nitrogens with zero attached hydrogens (tertiary/aromatic N) is 2. The van der Waals surface area contributed by atoms with Crippen molar-refractivity contribution in [3.05, 3.63) is 18.7 Å². The SMILES string of the molecule is CCCCCCCCCCCC[n+]1ccn(C)c1.[Cl-]. The summed E-state index contributed by atoms with van der Waals surface area (Å²) in [4.78, 5) is 0. The van der Waals surface area contributed by atoms with E-state index in [4.69, 9.17) is 0 Å². The summed E-state index contributed by atoms with van der Waals surface area (Å²) in [7, 11) is 2.08. The van der Waals surface area contributed by atoms with Crippen molar-refractivity contribution in [3.63, 3.8) is 0 Å². The molecule has 19 heavy (non-hydrogen) atoms. The van der Waals surface area contributed by atoms with Gasteiger partial charge in [0.1, 0.15) is 12.4 Å². The Morgan fingerprint density at radius 2 is 1.37 bits per heavy atom. The predicted molar refractivity (Wildman–Crippen MR) is 77.5 cm³/mol. The Labute approximate surface area is 125 Å². The second-order valence-electron chi connectivity index (χ2n) is 5.50. The highest BCUT2D eigenvalue weighted by Crippen LogP contribution is 2.10. The first-order chi connectivity index (χ1) is 8.83. The van der Waals surface area contributed by atoms with Crippen molar-refractivity contribution >= 4 is 0 Å². The lowest BCUT2D eigenvalue weighted by molar-refractivity contribution is -0.696. The first kappa shape index (κ1) is 18.5. The third-order valence-electron chi connectivity index (χ3n) is 3.59. The zero-order valence-electron chi connectivity index (χ0n) is 12.8. The first-order valence-electron chi connectivity index (χ1n) is 7.84. The molecule has 1 aromatic rings. The molecule has 0 unspecified atom stereocenters. The van der Waals surface area contributed by atoms with Crippen molar-refractivity contribution < 1.29 is 17.0 Å². The Morgan fingerprint density at radius 3 is 1.84 bits per heavy atom. The highest BCUT2D eigenvalue weighted by Gasteiger charge is 1.99. The monoisotopic (exact) mass is 286 g/mol. The molecular weight excluding hydrogens is 256 g/mol. The van der Waals surface area contributed by atoms with Crippen LogP contribution in [0.15, 0.2) is 18.7 Å². The molecule has 0 bridgehead atoms. The van der Waals surface area contributed by atoms with Gasteiger partial charge < -0.3 is 12.4 Å². The number of halogens is 1. The minimum absolute atomic E-state index is 0. The van der Waals surface area contributed by atoms with Crippen LogP contribution >= 0.6 is 0 Å². The summed E-state index contributed by atoms with van der Waals surface area (Å²) < 4.78 is 4.39. The molecule has 0 N–H and O–H groups in total. The van der Waals surface area contributed by atoms with E-state index >= 15 is 0 Å². The van der Waals surface area contributed by atoms with Gasteiger partial charge in [0.05, 0.1) is 13.6 Å². The van der Waals surface area contributed by atoms with E-state index in [9.17, 15) is 0 Å². The highest BCUT2D eigenvalue weighted by molar-refractivity contribution is 4.61. The Balaban J connectivity index is 0.00000324. The van der Waals surface area contributed by atoms with Gasteiger partial charge in [0.2, 0.25) is 6.33 Å². The third kappa shape index (κ3) is 10.0. The van der Waals surface area contributed by atoms with Gasteiger partial charge >= 0.3 is 0 Å². The van der Waals surface area contributed by atoms with Gasteiger partial charge in [-0.1, -0.05) is 58.3 Å². The lowest BCUT2D eigenvalue weighted by atomic mass is 10.1. The number of hydrogen-bond acceptors (Lipinski definition) is 0. The summed E-state index contributed by atoms with van der Waals surface area (Å²) >= 11 is 0. The van der Waals surface area contributed by atoms with Crippen molar-refractivity contribution in [2.24, 2.45) is 7.05 Å². The molecule has 1 aromatic heterocycles. The van der Waals surface area contributed by atoms with E-state index < -0.39 is 0 Å². The van der Waals surface area contributed by atoms with Crippen LogP contribution in [-0.4, -0.2) is 4.57 Å². The van der Waals surface area contributed by atoms with Crippen LogP contribution in [0.5, 0.6) is 0 Å². The average Bonchev–Trinajstić information content (AvgIpc) is 2.77. The second kappa shape index (κ2) is 12.5. The van der Waals surface area contributed by atoms with E-state index in [0.717, 1.165) is 0 Å². The largest absolute Gasteiger partial charge is 1.00 e. The molecule has 0 atom stereocenters. The minimum Gasteiger partial charge on any atom is -1.00 e. The Kier molecular flexibility index (Phi) is 12.2. The summed E-state index contributed by atoms with van der Waals surface area (Å²) in [6.45, 7) is 3.46. The molecule has 112 valence electrons. The molecule has 2 nitrogen and oxygen atoms in total. The molecule has 0 aliphatic rings. The van der Waals surface area contributed by atoms with Gasteiger partial charge in [0.25, 0.3) is 0 Å². The maximum atomic E-state index is 2.28. The van der Waals surface area contributed by atoms with Gasteiger partial charge in [-0.3, -0.25) is 0 Å². The van der Waals surface area contributed by atoms with Gasteiger partial charge in [0, 0.05) is 0 Å². The minimum atomic E-state index is 0. The molecule has 3 heteroatoms. The van der Waals surface area contributed by atoms with Crippen LogP contribution in [0.3, 0.4) is 0 Å². The third-order valence-corrected chi connectivity index (χ3v) is 3.59. The number of aryl methyl sites for hydroxylation is 2. The van der Waals surface area contributed by atoms with Crippen molar-refractivity contribution in [1.82, 2.24) is 4.57 Å². The lowest BCUT2D eigenvalue weighted by Crippen LogP contribution is -3.00. The number of hydrogen-bond donors (Lipinski definition) is 0. The van der Waals surface area contributed by atoms with Crippen molar-refractivity contribution in [2.75, 3.05) is 0 Å². The molecule has 0 radical (unpaired) electrons. The number of rotatable bonds is 11. The van der Waals surface area contributed by atoms with Crippen LogP contribution in [0.1, 0.15) is 71.1 Å². The maximum Gasteiger partial charge on any atom is 0.243 e. The van der Waals surface area contributed by atoms with E-state index in [1.54, 1.807) is 0 Å². The Bertz CT molecular complexity index is 297. The van der Waals surface area contributed by atoms with Crippen LogP contribution in [0, 0.1) is 0 Å². The number of unbranched alkanes of at least 4 members (excludes halogenated alkanes) is 9. The zero-order valence-corrected chi connectivity index (χ0v) is 13.5. The van der Waals surface area contributed by atoms with Crippen LogP contribution in [0.4, 0.5) is 0 Å². The molecular formula is C16H31ClN2. The van der Waals surface area contributed by atoms with Crippen LogP contribution in [-0.2, 0) is 13.6 Å². The summed E-state index contributed by atoms with van der Waals surface area (Å²) in [5.74, 6) is 0. The van der Waals surface area contributed by atoms with Gasteiger partial charge in [0.15, 0.2) is 0 Å². The normalized spacial score (nSPS) is 10.4. The summed E-state index contributed by atoms with van der Waals surface area (Å²) in [6, 6.07) is 0. The van der Waals surface area contributed by atoms with Gasteiger partial charge in [-0.25, -0.2) is 9.13 Å². The fraction of sp³-hybridized carbons (Fsp3) is 0.812. The van der Waals surface area contributed by atoms with Crippen molar-refractivity contribution in [3.8, 4) is 0 Å². The van der Waals surface area contributed by atoms with Crippen LogP contribution < -0.4 is 17.0 Å². The van der Waals surface area contributed by atoms with Crippen molar-refractivity contribution in [1.29, 1.82) is 0 Å². The number of aromatic nitrogens is 2. The Hall–Kier alpha value is -0.500. The molecule has 0 amide bonds. The number of imidazole rings is 1. The summed E-state index contributed by atoms with van der Waals surface area (Å²) in [5, 5.41) is 0. The van der Waals surface area contributed by atoms with E-state index in [-0.39, 0.29) is 12.4 Å². The molecule has 0 aliphatic heterocycles. The standard InChI is InChI=1S/C16H31N2.ClH/c1-3-4-5-6-7-8-9-10-11-12-13-18-15-14-17(2)16-18;/h14-16H,3-13H2,1-2H3;1H/q+1;/p-1. The quantitative estimate of drug-likeness (QED) is 0.428. The zero-order chi connectivity index (χ0) is 13.1. The maximum absolute atomic E-state index is 2.28. The molecule has 0 spiro atoms. The van der Waals surface area contributed by atoms with E-state index in [2.05, 4.69) is 41.8 Å². The van der Waals surface area contributed by atoms with Crippen LogP contribution in [0.25, 0.3) is 0 Å². The highest BCUT2D eigenvalue weighted by atomic mass is 35.5.